The molecule has 2 N–H and O–H groups in total. The van der Waals surface area contributed by atoms with Gasteiger partial charge in [0.1, 0.15) is 0 Å². The molecule has 1 rings (SSSR count). The zero-order chi connectivity index (χ0) is 9.90. The van der Waals surface area contributed by atoms with Crippen LogP contribution in [0.5, 0.6) is 0 Å². The lowest BCUT2D eigenvalue weighted by atomic mass is 10.3. The van der Waals surface area contributed by atoms with Crippen molar-refractivity contribution in [1.29, 1.82) is 0 Å². The highest BCUT2D eigenvalue weighted by atomic mass is 32.2. The van der Waals surface area contributed by atoms with Crippen molar-refractivity contribution in [2.24, 2.45) is 0 Å². The molecule has 1 atom stereocenters. The van der Waals surface area contributed by atoms with Gasteiger partial charge in [0, 0.05) is 20.6 Å². The summed E-state index contributed by atoms with van der Waals surface area (Å²) < 4.78 is 23.4. The van der Waals surface area contributed by atoms with Crippen LogP contribution in [0.2, 0.25) is 0 Å². The molecule has 6 nitrogen and oxygen atoms in total. The molecule has 1 saturated heterocycles. The average molecular weight is 209 g/mol. The molecule has 1 heterocycles. The second kappa shape index (κ2) is 4.34. The number of hydrogen-bond acceptors (Lipinski definition) is 4. The Balaban J connectivity index is 2.33. The molecule has 1 aliphatic rings. The van der Waals surface area contributed by atoms with E-state index in [1.165, 1.54) is 14.1 Å². The molecular weight excluding hydrogens is 194 g/mol. The van der Waals surface area contributed by atoms with Crippen LogP contribution >= 0.6 is 0 Å². The first-order valence-corrected chi connectivity index (χ1v) is 5.52. The van der Waals surface area contributed by atoms with Crippen molar-refractivity contribution in [3.05, 3.63) is 0 Å². The standard InChI is InChI=1S/C6H15N3O3S/c1-9(2)13(10,11)8-12-6-3-4-7-5-6/h6-8H,3-5H2,1-2H3. The summed E-state index contributed by atoms with van der Waals surface area (Å²) in [5.74, 6) is 0. The van der Waals surface area contributed by atoms with Crippen molar-refractivity contribution < 1.29 is 13.3 Å². The lowest BCUT2D eigenvalue weighted by molar-refractivity contribution is 0.0277. The van der Waals surface area contributed by atoms with Crippen molar-refractivity contribution >= 4 is 10.2 Å². The average Bonchev–Trinajstić information content (AvgIpc) is 2.52. The van der Waals surface area contributed by atoms with Crippen LogP contribution in [0.1, 0.15) is 6.42 Å². The van der Waals surface area contributed by atoms with E-state index in [4.69, 9.17) is 4.84 Å². The zero-order valence-electron chi connectivity index (χ0n) is 7.78. The van der Waals surface area contributed by atoms with Crippen LogP contribution in [-0.2, 0) is 15.0 Å². The normalized spacial score (nSPS) is 24.1. The van der Waals surface area contributed by atoms with Gasteiger partial charge in [0.15, 0.2) is 0 Å². The lowest BCUT2D eigenvalue weighted by Gasteiger charge is -2.14. The van der Waals surface area contributed by atoms with Gasteiger partial charge in [-0.25, -0.2) is 0 Å². The van der Waals surface area contributed by atoms with Gasteiger partial charge in [-0.2, -0.15) is 12.7 Å². The Hall–Kier alpha value is -0.210. The molecule has 0 spiro atoms. The molecule has 0 aliphatic carbocycles. The quantitative estimate of drug-likeness (QED) is 0.563. The summed E-state index contributed by atoms with van der Waals surface area (Å²) in [6.45, 7) is 1.56. The number of nitrogens with one attached hydrogen (secondary N) is 2. The van der Waals surface area contributed by atoms with E-state index in [-0.39, 0.29) is 6.10 Å². The van der Waals surface area contributed by atoms with Crippen molar-refractivity contribution in [1.82, 2.24) is 14.5 Å². The highest BCUT2D eigenvalue weighted by Crippen LogP contribution is 2.01. The SMILES string of the molecule is CN(C)S(=O)(=O)NOC1CCNC1. The fourth-order valence-corrected chi connectivity index (χ4v) is 1.34. The van der Waals surface area contributed by atoms with Gasteiger partial charge in [-0.1, -0.05) is 4.89 Å². The molecule has 1 aliphatic heterocycles. The van der Waals surface area contributed by atoms with Crippen LogP contribution in [0, 0.1) is 0 Å². The van der Waals surface area contributed by atoms with Gasteiger partial charge in [-0.15, -0.1) is 0 Å². The maximum Gasteiger partial charge on any atom is 0.301 e. The molecular formula is C6H15N3O3S. The van der Waals surface area contributed by atoms with Gasteiger partial charge in [-0.3, -0.25) is 4.84 Å². The van der Waals surface area contributed by atoms with E-state index < -0.39 is 10.2 Å². The Morgan fingerprint density at radius 1 is 1.54 bits per heavy atom. The molecule has 0 radical (unpaired) electrons. The van der Waals surface area contributed by atoms with E-state index >= 15 is 0 Å². The topological polar surface area (TPSA) is 70.7 Å². The van der Waals surface area contributed by atoms with E-state index in [1.54, 1.807) is 0 Å². The number of rotatable bonds is 4. The van der Waals surface area contributed by atoms with E-state index in [0.29, 0.717) is 6.54 Å². The predicted molar refractivity (Wildman–Crippen MR) is 48.1 cm³/mol. The third-order valence-corrected chi connectivity index (χ3v) is 3.08. The van der Waals surface area contributed by atoms with E-state index in [2.05, 4.69) is 10.2 Å². The molecule has 0 aromatic carbocycles. The first-order valence-electron chi connectivity index (χ1n) is 4.08. The second-order valence-corrected chi connectivity index (χ2v) is 4.95. The van der Waals surface area contributed by atoms with Crippen molar-refractivity contribution in [2.45, 2.75) is 12.5 Å². The van der Waals surface area contributed by atoms with Crippen molar-refractivity contribution in [3.8, 4) is 0 Å². The van der Waals surface area contributed by atoms with Crippen LogP contribution in [0.25, 0.3) is 0 Å². The zero-order valence-corrected chi connectivity index (χ0v) is 8.60. The minimum absolute atomic E-state index is 0.0604. The van der Waals surface area contributed by atoms with E-state index in [1.807, 2.05) is 0 Å². The Labute approximate surface area is 78.4 Å². The molecule has 1 fully saturated rings. The third kappa shape index (κ3) is 3.20. The number of hydrogen-bond donors (Lipinski definition) is 2. The highest BCUT2D eigenvalue weighted by molar-refractivity contribution is 7.86. The Kier molecular flexibility index (Phi) is 3.63. The monoisotopic (exact) mass is 209 g/mol. The van der Waals surface area contributed by atoms with Gasteiger partial charge < -0.3 is 5.32 Å². The summed E-state index contributed by atoms with van der Waals surface area (Å²) in [6, 6.07) is 0. The van der Waals surface area contributed by atoms with Crippen LogP contribution in [0.15, 0.2) is 0 Å². The molecule has 0 aromatic rings. The van der Waals surface area contributed by atoms with Crippen LogP contribution in [-0.4, -0.2) is 46.0 Å². The molecule has 7 heteroatoms. The maximum absolute atomic E-state index is 11.2. The van der Waals surface area contributed by atoms with Gasteiger partial charge in [0.05, 0.1) is 6.10 Å². The van der Waals surface area contributed by atoms with Gasteiger partial charge >= 0.3 is 10.2 Å². The van der Waals surface area contributed by atoms with E-state index in [9.17, 15) is 8.42 Å². The molecule has 13 heavy (non-hydrogen) atoms. The summed E-state index contributed by atoms with van der Waals surface area (Å²) >= 11 is 0. The Morgan fingerprint density at radius 3 is 2.69 bits per heavy atom. The Morgan fingerprint density at radius 2 is 2.23 bits per heavy atom. The van der Waals surface area contributed by atoms with Crippen LogP contribution in [0.3, 0.4) is 0 Å². The molecule has 78 valence electrons. The van der Waals surface area contributed by atoms with Gasteiger partial charge in [0.25, 0.3) is 0 Å². The first kappa shape index (κ1) is 10.9. The van der Waals surface area contributed by atoms with E-state index in [0.717, 1.165) is 17.3 Å². The lowest BCUT2D eigenvalue weighted by Crippen LogP contribution is -2.38. The smallest absolute Gasteiger partial charge is 0.301 e. The number of nitrogens with zero attached hydrogens (tertiary/aromatic N) is 1. The third-order valence-electron chi connectivity index (χ3n) is 1.82. The summed E-state index contributed by atoms with van der Waals surface area (Å²) in [7, 11) is -0.566. The van der Waals surface area contributed by atoms with Crippen molar-refractivity contribution in [3.63, 3.8) is 0 Å². The summed E-state index contributed by atoms with van der Waals surface area (Å²) in [5, 5.41) is 3.06. The highest BCUT2D eigenvalue weighted by Gasteiger charge is 2.19. The fourth-order valence-electron chi connectivity index (χ4n) is 0.932. The predicted octanol–water partition coefficient (Wildman–Crippen LogP) is -1.32. The Bertz CT molecular complexity index is 246. The summed E-state index contributed by atoms with van der Waals surface area (Å²) in [5.41, 5.74) is 0. The minimum Gasteiger partial charge on any atom is -0.314 e. The van der Waals surface area contributed by atoms with Gasteiger partial charge in [-0.05, 0) is 13.0 Å². The molecule has 0 amide bonds. The molecule has 1 unspecified atom stereocenters. The second-order valence-electron chi connectivity index (χ2n) is 3.10. The van der Waals surface area contributed by atoms with Crippen LogP contribution < -0.4 is 10.2 Å². The largest absolute Gasteiger partial charge is 0.314 e. The fraction of sp³-hybridized carbons (Fsp3) is 1.00. The minimum atomic E-state index is -3.45. The summed E-state index contributed by atoms with van der Waals surface area (Å²) in [6.07, 6.45) is 0.769. The van der Waals surface area contributed by atoms with Crippen molar-refractivity contribution in [2.75, 3.05) is 27.2 Å². The van der Waals surface area contributed by atoms with Gasteiger partial charge in [0.2, 0.25) is 0 Å². The molecule has 0 aromatic heterocycles. The summed E-state index contributed by atoms with van der Waals surface area (Å²) in [4.78, 5) is 7.05. The first-order chi connectivity index (χ1) is 6.02. The molecule has 0 saturated carbocycles. The molecule has 0 bridgehead atoms. The maximum atomic E-state index is 11.2. The van der Waals surface area contributed by atoms with Crippen LogP contribution in [0.4, 0.5) is 0 Å².